The lowest BCUT2D eigenvalue weighted by atomic mass is 10.1. The second-order valence-electron chi connectivity index (χ2n) is 7.35. The molecular formula is C23H26N2O4. The van der Waals surface area contributed by atoms with Gasteiger partial charge >= 0.3 is 5.97 Å². The maximum atomic E-state index is 12.2. The standard InChI is InChI=1S/C23H26N2O4/c1-28-17-10-8-16(9-11-17)15-25-21-7-3-2-6-19(21)20(22(25)23(26)27)14-24-13-18-5-4-12-29-18/h2-3,6-11,18,24H,4-5,12-15H2,1H3,(H,26,27)/t18-/m0/s1. The van der Waals surface area contributed by atoms with Crippen LogP contribution in [0.25, 0.3) is 10.9 Å². The number of benzene rings is 2. The SMILES string of the molecule is COc1ccc(Cn2c(C(=O)O)c(CNC[C@@H]3CCCO3)c3ccccc32)cc1. The Bertz CT molecular complexity index is 988. The smallest absolute Gasteiger partial charge is 0.352 e. The Balaban J connectivity index is 1.66. The number of carboxylic acid groups (broad SMARTS) is 1. The van der Waals surface area contributed by atoms with Gasteiger partial charge in [-0.05, 0) is 36.6 Å². The lowest BCUT2D eigenvalue weighted by molar-refractivity contribution is 0.0684. The molecule has 2 aromatic carbocycles. The Kier molecular flexibility index (Phi) is 5.83. The number of nitrogens with zero attached hydrogens (tertiary/aromatic N) is 1. The molecule has 2 heterocycles. The van der Waals surface area contributed by atoms with Gasteiger partial charge in [-0.15, -0.1) is 0 Å². The molecule has 0 amide bonds. The molecule has 0 radical (unpaired) electrons. The lowest BCUT2D eigenvalue weighted by Gasteiger charge is -2.12. The molecule has 0 bridgehead atoms. The highest BCUT2D eigenvalue weighted by atomic mass is 16.5. The summed E-state index contributed by atoms with van der Waals surface area (Å²) in [6.07, 6.45) is 2.36. The van der Waals surface area contributed by atoms with E-state index in [1.807, 2.05) is 53.1 Å². The van der Waals surface area contributed by atoms with E-state index < -0.39 is 5.97 Å². The summed E-state index contributed by atoms with van der Waals surface area (Å²) in [5.41, 5.74) is 3.10. The third kappa shape index (κ3) is 4.13. The fourth-order valence-corrected chi connectivity index (χ4v) is 4.04. The van der Waals surface area contributed by atoms with Crippen molar-refractivity contribution in [1.29, 1.82) is 0 Å². The number of para-hydroxylation sites is 1. The first-order chi connectivity index (χ1) is 14.2. The summed E-state index contributed by atoms with van der Waals surface area (Å²) in [4.78, 5) is 12.2. The molecule has 1 fully saturated rings. The topological polar surface area (TPSA) is 72.7 Å². The Hall–Kier alpha value is -2.83. The molecule has 6 nitrogen and oxygen atoms in total. The van der Waals surface area contributed by atoms with E-state index in [1.54, 1.807) is 7.11 Å². The number of carbonyl (C=O) groups is 1. The number of hydrogen-bond donors (Lipinski definition) is 2. The lowest BCUT2D eigenvalue weighted by Crippen LogP contribution is -2.26. The summed E-state index contributed by atoms with van der Waals surface area (Å²) in [5, 5.41) is 14.4. The van der Waals surface area contributed by atoms with Crippen molar-refractivity contribution in [2.45, 2.75) is 32.0 Å². The average molecular weight is 394 g/mol. The highest BCUT2D eigenvalue weighted by molar-refractivity contribution is 5.98. The zero-order valence-electron chi connectivity index (χ0n) is 16.6. The monoisotopic (exact) mass is 394 g/mol. The molecule has 3 aromatic rings. The molecule has 29 heavy (non-hydrogen) atoms. The maximum Gasteiger partial charge on any atom is 0.352 e. The van der Waals surface area contributed by atoms with Crippen LogP contribution in [-0.2, 0) is 17.8 Å². The van der Waals surface area contributed by atoms with E-state index in [9.17, 15) is 9.90 Å². The van der Waals surface area contributed by atoms with Crippen LogP contribution in [0.2, 0.25) is 0 Å². The van der Waals surface area contributed by atoms with Crippen molar-refractivity contribution in [1.82, 2.24) is 9.88 Å². The summed E-state index contributed by atoms with van der Waals surface area (Å²) >= 11 is 0. The van der Waals surface area contributed by atoms with E-state index >= 15 is 0 Å². The number of hydrogen-bond acceptors (Lipinski definition) is 4. The number of aromatic carboxylic acids is 1. The molecule has 0 saturated carbocycles. The first-order valence-corrected chi connectivity index (χ1v) is 9.96. The zero-order chi connectivity index (χ0) is 20.2. The van der Waals surface area contributed by atoms with Crippen molar-refractivity contribution in [3.8, 4) is 5.75 Å². The zero-order valence-corrected chi connectivity index (χ0v) is 16.6. The minimum Gasteiger partial charge on any atom is -0.497 e. The van der Waals surface area contributed by atoms with Crippen molar-refractivity contribution in [3.63, 3.8) is 0 Å². The molecule has 0 aliphatic carbocycles. The van der Waals surface area contributed by atoms with Gasteiger partial charge in [0.1, 0.15) is 11.4 Å². The Morgan fingerprint density at radius 1 is 1.24 bits per heavy atom. The van der Waals surface area contributed by atoms with Crippen molar-refractivity contribution < 1.29 is 19.4 Å². The van der Waals surface area contributed by atoms with Crippen LogP contribution in [-0.4, -0.2) is 42.0 Å². The molecular weight excluding hydrogens is 368 g/mol. The number of nitrogens with one attached hydrogen (secondary N) is 1. The second-order valence-corrected chi connectivity index (χ2v) is 7.35. The number of rotatable bonds is 8. The normalized spacial score (nSPS) is 16.4. The Morgan fingerprint density at radius 3 is 2.72 bits per heavy atom. The van der Waals surface area contributed by atoms with Crippen LogP contribution in [0, 0.1) is 0 Å². The van der Waals surface area contributed by atoms with E-state index in [4.69, 9.17) is 9.47 Å². The average Bonchev–Trinajstić information content (AvgIpc) is 3.36. The number of aromatic nitrogens is 1. The molecule has 1 atom stereocenters. The molecule has 1 saturated heterocycles. The van der Waals surface area contributed by atoms with E-state index in [2.05, 4.69) is 5.32 Å². The highest BCUT2D eigenvalue weighted by Gasteiger charge is 2.23. The summed E-state index contributed by atoms with van der Waals surface area (Å²) < 4.78 is 12.8. The highest BCUT2D eigenvalue weighted by Crippen LogP contribution is 2.28. The van der Waals surface area contributed by atoms with Crippen molar-refractivity contribution in [2.24, 2.45) is 0 Å². The summed E-state index contributed by atoms with van der Waals surface area (Å²) in [6, 6.07) is 15.6. The van der Waals surface area contributed by atoms with Crippen LogP contribution in [0.1, 0.15) is 34.5 Å². The minimum absolute atomic E-state index is 0.218. The Morgan fingerprint density at radius 2 is 2.03 bits per heavy atom. The van der Waals surface area contributed by atoms with Crippen LogP contribution in [0.5, 0.6) is 5.75 Å². The molecule has 0 unspecified atom stereocenters. The molecule has 0 spiro atoms. The van der Waals surface area contributed by atoms with E-state index in [0.29, 0.717) is 18.8 Å². The first kappa shape index (κ1) is 19.5. The fraction of sp³-hybridized carbons (Fsp3) is 0.348. The largest absolute Gasteiger partial charge is 0.497 e. The summed E-state index contributed by atoms with van der Waals surface area (Å²) in [7, 11) is 1.63. The van der Waals surface area contributed by atoms with Gasteiger partial charge in [0.15, 0.2) is 0 Å². The molecule has 1 aliphatic rings. The van der Waals surface area contributed by atoms with Crippen molar-refractivity contribution in [2.75, 3.05) is 20.3 Å². The first-order valence-electron chi connectivity index (χ1n) is 9.96. The number of carboxylic acids is 1. The van der Waals surface area contributed by atoms with E-state index in [-0.39, 0.29) is 6.10 Å². The fourth-order valence-electron chi connectivity index (χ4n) is 4.04. The third-order valence-corrected chi connectivity index (χ3v) is 5.48. The summed E-state index contributed by atoms with van der Waals surface area (Å²) in [5.74, 6) is -0.132. The van der Waals surface area contributed by atoms with Crippen LogP contribution in [0.3, 0.4) is 0 Å². The number of ether oxygens (including phenoxy) is 2. The van der Waals surface area contributed by atoms with Gasteiger partial charge in [-0.25, -0.2) is 4.79 Å². The van der Waals surface area contributed by atoms with Gasteiger partial charge in [-0.2, -0.15) is 0 Å². The molecule has 6 heteroatoms. The second kappa shape index (κ2) is 8.68. The molecule has 1 aromatic heterocycles. The predicted octanol–water partition coefficient (Wildman–Crippen LogP) is 3.67. The van der Waals surface area contributed by atoms with Crippen LogP contribution in [0.15, 0.2) is 48.5 Å². The van der Waals surface area contributed by atoms with Crippen LogP contribution in [0.4, 0.5) is 0 Å². The van der Waals surface area contributed by atoms with Crippen LogP contribution < -0.4 is 10.1 Å². The van der Waals surface area contributed by atoms with Gasteiger partial charge in [-0.3, -0.25) is 0 Å². The Labute approximate surface area is 170 Å². The van der Waals surface area contributed by atoms with Gasteiger partial charge in [0.25, 0.3) is 0 Å². The maximum absolute atomic E-state index is 12.2. The molecule has 1 aliphatic heterocycles. The molecule has 2 N–H and O–H groups in total. The number of fused-ring (bicyclic) bond motifs is 1. The third-order valence-electron chi connectivity index (χ3n) is 5.48. The van der Waals surface area contributed by atoms with Gasteiger partial charge in [0, 0.05) is 42.7 Å². The van der Waals surface area contributed by atoms with Crippen molar-refractivity contribution >= 4 is 16.9 Å². The van der Waals surface area contributed by atoms with Gasteiger partial charge in [-0.1, -0.05) is 30.3 Å². The van der Waals surface area contributed by atoms with Crippen molar-refractivity contribution in [3.05, 3.63) is 65.4 Å². The molecule has 4 rings (SSSR count). The predicted molar refractivity (Wildman–Crippen MR) is 112 cm³/mol. The van der Waals surface area contributed by atoms with Crippen LogP contribution >= 0.6 is 0 Å². The van der Waals surface area contributed by atoms with E-state index in [1.165, 1.54) is 0 Å². The van der Waals surface area contributed by atoms with E-state index in [0.717, 1.165) is 53.8 Å². The number of methoxy groups -OCH3 is 1. The minimum atomic E-state index is -0.913. The van der Waals surface area contributed by atoms with Gasteiger partial charge in [0.05, 0.1) is 13.2 Å². The van der Waals surface area contributed by atoms with Gasteiger partial charge in [0.2, 0.25) is 0 Å². The van der Waals surface area contributed by atoms with Gasteiger partial charge < -0.3 is 24.5 Å². The quantitative estimate of drug-likeness (QED) is 0.610. The molecule has 152 valence electrons. The summed E-state index contributed by atoms with van der Waals surface area (Å²) in [6.45, 7) is 2.53.